The van der Waals surface area contributed by atoms with Gasteiger partial charge in [0.25, 0.3) is 5.56 Å². The van der Waals surface area contributed by atoms with Gasteiger partial charge in [-0.1, -0.05) is 0 Å². The summed E-state index contributed by atoms with van der Waals surface area (Å²) in [5.74, 6) is 0.526. The molecule has 3 N–H and O–H groups in total. The average molecular weight is 411 g/mol. The number of aliphatic hydroxyl groups is 1. The van der Waals surface area contributed by atoms with Gasteiger partial charge in [0.15, 0.2) is 0 Å². The highest BCUT2D eigenvalue weighted by molar-refractivity contribution is 7.89. The van der Waals surface area contributed by atoms with Crippen LogP contribution in [-0.4, -0.2) is 48.9 Å². The van der Waals surface area contributed by atoms with Gasteiger partial charge in [-0.3, -0.25) is 14.3 Å². The first kappa shape index (κ1) is 20.3. The topological polar surface area (TPSA) is 140 Å². The number of aliphatic hydroxyl groups excluding tert-OH is 1. The first-order chi connectivity index (χ1) is 13.2. The molecule has 2 aromatic rings. The molecule has 0 spiro atoms. The minimum Gasteiger partial charge on any atom is -0.497 e. The van der Waals surface area contributed by atoms with Crippen molar-refractivity contribution < 1.29 is 23.0 Å². The van der Waals surface area contributed by atoms with Gasteiger partial charge in [-0.05, 0) is 31.2 Å². The molecule has 0 radical (unpaired) electrons. The molecule has 10 nitrogen and oxygen atoms in total. The van der Waals surface area contributed by atoms with E-state index in [4.69, 9.17) is 9.47 Å². The summed E-state index contributed by atoms with van der Waals surface area (Å²) in [6.07, 6.45) is -1.21. The van der Waals surface area contributed by atoms with Crippen LogP contribution < -0.4 is 20.7 Å². The fourth-order valence-electron chi connectivity index (χ4n) is 2.90. The predicted octanol–water partition coefficient (Wildman–Crippen LogP) is -0.519. The number of hydrogen-bond acceptors (Lipinski definition) is 7. The quantitative estimate of drug-likeness (QED) is 0.581. The van der Waals surface area contributed by atoms with Gasteiger partial charge in [-0.25, -0.2) is 17.9 Å². The Morgan fingerprint density at radius 2 is 2.00 bits per heavy atom. The summed E-state index contributed by atoms with van der Waals surface area (Å²) < 4.78 is 39.0. The highest BCUT2D eigenvalue weighted by Crippen LogP contribution is 2.27. The standard InChI is InChI=1S/C17H21N3O7S/c1-10-9-20(17(23)19-16(10)22)15-7-13(21)14(27-15)8-18-28(24,25)12-5-3-11(26-2)4-6-12/h3-6,9,13-15,18,21H,7-8H2,1-2H3,(H,19,22,23)/t13-,14+,15+/m0/s1. The third-order valence-electron chi connectivity index (χ3n) is 4.50. The van der Waals surface area contributed by atoms with Crippen molar-refractivity contribution in [1.29, 1.82) is 0 Å². The maximum Gasteiger partial charge on any atom is 0.330 e. The van der Waals surface area contributed by atoms with E-state index in [1.54, 1.807) is 6.92 Å². The van der Waals surface area contributed by atoms with E-state index < -0.39 is 39.7 Å². The van der Waals surface area contributed by atoms with Crippen LogP contribution in [0, 0.1) is 6.92 Å². The van der Waals surface area contributed by atoms with E-state index in [1.165, 1.54) is 42.1 Å². The number of aromatic nitrogens is 2. The fourth-order valence-corrected chi connectivity index (χ4v) is 3.94. The van der Waals surface area contributed by atoms with Crippen molar-refractivity contribution in [2.45, 2.75) is 36.7 Å². The van der Waals surface area contributed by atoms with Gasteiger partial charge >= 0.3 is 5.69 Å². The molecule has 3 atom stereocenters. The van der Waals surface area contributed by atoms with Crippen molar-refractivity contribution in [3.8, 4) is 5.75 Å². The van der Waals surface area contributed by atoms with Crippen LogP contribution in [-0.2, 0) is 14.8 Å². The van der Waals surface area contributed by atoms with Gasteiger partial charge < -0.3 is 14.6 Å². The number of ether oxygens (including phenoxy) is 2. The number of hydrogen-bond donors (Lipinski definition) is 3. The zero-order valence-corrected chi connectivity index (χ0v) is 16.1. The van der Waals surface area contributed by atoms with E-state index >= 15 is 0 Å². The van der Waals surface area contributed by atoms with E-state index in [9.17, 15) is 23.1 Å². The first-order valence-electron chi connectivity index (χ1n) is 8.50. The van der Waals surface area contributed by atoms with Gasteiger partial charge in [0.1, 0.15) is 12.0 Å². The van der Waals surface area contributed by atoms with Crippen LogP contribution in [0.4, 0.5) is 0 Å². The van der Waals surface area contributed by atoms with Crippen molar-refractivity contribution >= 4 is 10.0 Å². The van der Waals surface area contributed by atoms with E-state index in [1.807, 2.05) is 0 Å². The van der Waals surface area contributed by atoms with Crippen LogP contribution in [0.1, 0.15) is 18.2 Å². The van der Waals surface area contributed by atoms with Crippen LogP contribution in [0.3, 0.4) is 0 Å². The fraction of sp³-hybridized carbons (Fsp3) is 0.412. The largest absolute Gasteiger partial charge is 0.497 e. The Kier molecular flexibility index (Phi) is 5.70. The molecule has 0 bridgehead atoms. The van der Waals surface area contributed by atoms with Crippen LogP contribution in [0.5, 0.6) is 5.75 Å². The molecule has 152 valence electrons. The zero-order chi connectivity index (χ0) is 20.5. The minimum atomic E-state index is -3.81. The number of aryl methyl sites for hydroxylation is 1. The second kappa shape index (κ2) is 7.87. The molecule has 1 saturated heterocycles. The molecule has 1 aliphatic rings. The zero-order valence-electron chi connectivity index (χ0n) is 15.3. The predicted molar refractivity (Wildman–Crippen MR) is 98.8 cm³/mol. The van der Waals surface area contributed by atoms with Crippen molar-refractivity contribution in [3.63, 3.8) is 0 Å². The number of aromatic amines is 1. The normalized spacial score (nSPS) is 22.3. The van der Waals surface area contributed by atoms with E-state index in [-0.39, 0.29) is 17.9 Å². The molecule has 2 heterocycles. The Morgan fingerprint density at radius 3 is 2.64 bits per heavy atom. The molecule has 1 fully saturated rings. The van der Waals surface area contributed by atoms with Crippen LogP contribution >= 0.6 is 0 Å². The third-order valence-corrected chi connectivity index (χ3v) is 5.94. The Bertz CT molecular complexity index is 1060. The summed E-state index contributed by atoms with van der Waals surface area (Å²) in [5.41, 5.74) is -0.836. The molecule has 1 aromatic heterocycles. The van der Waals surface area contributed by atoms with Gasteiger partial charge in [0.2, 0.25) is 10.0 Å². The monoisotopic (exact) mass is 411 g/mol. The lowest BCUT2D eigenvalue weighted by atomic mass is 10.2. The minimum absolute atomic E-state index is 0.0461. The molecule has 0 aliphatic carbocycles. The molecule has 11 heteroatoms. The number of H-pyrrole nitrogens is 1. The number of benzene rings is 1. The van der Waals surface area contributed by atoms with Crippen molar-refractivity contribution in [3.05, 3.63) is 56.9 Å². The number of nitrogens with one attached hydrogen (secondary N) is 2. The Labute approximate surface area is 160 Å². The van der Waals surface area contributed by atoms with Gasteiger partial charge in [0.05, 0.1) is 24.2 Å². The second-order valence-corrected chi connectivity index (χ2v) is 8.21. The van der Waals surface area contributed by atoms with Crippen molar-refractivity contribution in [2.75, 3.05) is 13.7 Å². The lowest BCUT2D eigenvalue weighted by Crippen LogP contribution is -2.37. The van der Waals surface area contributed by atoms with Crippen LogP contribution in [0.2, 0.25) is 0 Å². The smallest absolute Gasteiger partial charge is 0.330 e. The number of nitrogens with zero attached hydrogens (tertiary/aromatic N) is 1. The van der Waals surface area contributed by atoms with E-state index in [0.717, 1.165) is 0 Å². The highest BCUT2D eigenvalue weighted by atomic mass is 32.2. The molecule has 0 saturated carbocycles. The summed E-state index contributed by atoms with van der Waals surface area (Å²) >= 11 is 0. The Hall–Kier alpha value is -2.47. The van der Waals surface area contributed by atoms with Gasteiger partial charge in [-0.2, -0.15) is 0 Å². The summed E-state index contributed by atoms with van der Waals surface area (Å²) in [4.78, 5) is 25.7. The molecular weight excluding hydrogens is 390 g/mol. The maximum absolute atomic E-state index is 12.4. The first-order valence-corrected chi connectivity index (χ1v) is 9.99. The Balaban J connectivity index is 1.69. The Morgan fingerprint density at radius 1 is 1.32 bits per heavy atom. The molecule has 3 rings (SSSR count). The van der Waals surface area contributed by atoms with Crippen molar-refractivity contribution in [2.24, 2.45) is 0 Å². The molecule has 0 amide bonds. The van der Waals surface area contributed by atoms with E-state index in [2.05, 4.69) is 9.71 Å². The maximum atomic E-state index is 12.4. The third kappa shape index (κ3) is 4.17. The average Bonchev–Trinajstić information content (AvgIpc) is 3.03. The highest BCUT2D eigenvalue weighted by Gasteiger charge is 2.36. The SMILES string of the molecule is COc1ccc(S(=O)(=O)NC[C@H]2O[C@@H](n3cc(C)c(=O)[nH]c3=O)C[C@@H]2O)cc1. The van der Waals surface area contributed by atoms with Crippen LogP contribution in [0.15, 0.2) is 44.9 Å². The van der Waals surface area contributed by atoms with Crippen LogP contribution in [0.25, 0.3) is 0 Å². The number of methoxy groups -OCH3 is 1. The summed E-state index contributed by atoms with van der Waals surface area (Å²) in [6, 6.07) is 5.85. The summed E-state index contributed by atoms with van der Waals surface area (Å²) in [6.45, 7) is 1.36. The van der Waals surface area contributed by atoms with Gasteiger partial charge in [-0.15, -0.1) is 0 Å². The number of rotatable bonds is 6. The molecule has 1 aromatic carbocycles. The number of sulfonamides is 1. The van der Waals surface area contributed by atoms with Gasteiger partial charge in [0, 0.05) is 24.7 Å². The summed E-state index contributed by atoms with van der Waals surface area (Å²) in [5, 5.41) is 10.2. The lowest BCUT2D eigenvalue weighted by Gasteiger charge is -2.17. The lowest BCUT2D eigenvalue weighted by molar-refractivity contribution is -0.0169. The molecule has 28 heavy (non-hydrogen) atoms. The second-order valence-electron chi connectivity index (χ2n) is 6.44. The van der Waals surface area contributed by atoms with Crippen molar-refractivity contribution in [1.82, 2.24) is 14.3 Å². The summed E-state index contributed by atoms with van der Waals surface area (Å²) in [7, 11) is -2.33. The molecule has 1 aliphatic heterocycles. The molecule has 0 unspecified atom stereocenters. The molecular formula is C17H21N3O7S. The van der Waals surface area contributed by atoms with E-state index in [0.29, 0.717) is 11.3 Å².